The molecular weight excluding hydrogens is 374 g/mol. The smallest absolute Gasteiger partial charge is 0.240 e. The first kappa shape index (κ1) is 17.7. The zero-order valence-electron chi connectivity index (χ0n) is 14.2. The summed E-state index contributed by atoms with van der Waals surface area (Å²) in [4.78, 5) is 0.102. The quantitative estimate of drug-likeness (QED) is 0.782. The molecule has 1 unspecified atom stereocenters. The Hall–Kier alpha value is -1.71. The van der Waals surface area contributed by atoms with Crippen molar-refractivity contribution in [2.75, 3.05) is 18.1 Å². The minimum absolute atomic E-state index is 0.0162. The highest BCUT2D eigenvalue weighted by Crippen LogP contribution is 2.36. The van der Waals surface area contributed by atoms with Gasteiger partial charge < -0.3 is 0 Å². The molecule has 4 rings (SSSR count). The van der Waals surface area contributed by atoms with Crippen molar-refractivity contribution < 1.29 is 16.8 Å². The first-order valence-corrected chi connectivity index (χ1v) is 12.0. The van der Waals surface area contributed by atoms with E-state index in [9.17, 15) is 16.8 Å². The lowest BCUT2D eigenvalue weighted by Gasteiger charge is -2.42. The molecule has 1 aromatic heterocycles. The highest BCUT2D eigenvalue weighted by atomic mass is 32.2. The largest absolute Gasteiger partial charge is 0.246 e. The number of sulfone groups is 1. The monoisotopic (exact) mass is 395 g/mol. The summed E-state index contributed by atoms with van der Waals surface area (Å²) in [6.07, 6.45) is 5.63. The summed E-state index contributed by atoms with van der Waals surface area (Å²) in [6, 6.07) is 8.80. The number of sulfonamides is 1. The van der Waals surface area contributed by atoms with Crippen LogP contribution in [0.25, 0.3) is 5.69 Å². The normalized spacial score (nSPS) is 24.2. The van der Waals surface area contributed by atoms with Crippen LogP contribution in [0.2, 0.25) is 0 Å². The van der Waals surface area contributed by atoms with E-state index in [1.165, 1.54) is 21.4 Å². The highest BCUT2D eigenvalue weighted by Gasteiger charge is 2.44. The summed E-state index contributed by atoms with van der Waals surface area (Å²) < 4.78 is 53.4. The van der Waals surface area contributed by atoms with Crippen LogP contribution in [-0.2, 0) is 19.9 Å². The number of aromatic nitrogens is 2. The molecule has 0 spiro atoms. The maximum atomic E-state index is 13.2. The van der Waals surface area contributed by atoms with Gasteiger partial charge in [0.25, 0.3) is 0 Å². The summed E-state index contributed by atoms with van der Waals surface area (Å²) >= 11 is 0. The Balaban J connectivity index is 1.66. The van der Waals surface area contributed by atoms with Crippen molar-refractivity contribution in [2.45, 2.75) is 30.2 Å². The second-order valence-electron chi connectivity index (χ2n) is 6.94. The number of hydrogen-bond acceptors (Lipinski definition) is 5. The first-order valence-electron chi connectivity index (χ1n) is 8.69. The van der Waals surface area contributed by atoms with E-state index in [0.717, 1.165) is 24.9 Å². The van der Waals surface area contributed by atoms with Crippen LogP contribution in [0.5, 0.6) is 0 Å². The van der Waals surface area contributed by atoms with Crippen LogP contribution in [0, 0.1) is 5.92 Å². The Morgan fingerprint density at radius 3 is 2.50 bits per heavy atom. The Bertz CT molecular complexity index is 996. The predicted molar refractivity (Wildman–Crippen MR) is 97.2 cm³/mol. The van der Waals surface area contributed by atoms with E-state index >= 15 is 0 Å². The van der Waals surface area contributed by atoms with E-state index in [0.29, 0.717) is 0 Å². The fourth-order valence-electron chi connectivity index (χ4n) is 3.61. The van der Waals surface area contributed by atoms with E-state index < -0.39 is 25.9 Å². The lowest BCUT2D eigenvalue weighted by Crippen LogP contribution is -2.55. The second kappa shape index (κ2) is 6.47. The third-order valence-electron chi connectivity index (χ3n) is 5.30. The number of hydrogen-bond donors (Lipinski definition) is 0. The van der Waals surface area contributed by atoms with Crippen molar-refractivity contribution in [3.8, 4) is 5.69 Å². The van der Waals surface area contributed by atoms with Crippen molar-refractivity contribution in [1.82, 2.24) is 14.1 Å². The van der Waals surface area contributed by atoms with E-state index in [1.807, 2.05) is 30.3 Å². The van der Waals surface area contributed by atoms with Gasteiger partial charge in [-0.25, -0.2) is 21.5 Å². The van der Waals surface area contributed by atoms with Crippen molar-refractivity contribution >= 4 is 19.9 Å². The lowest BCUT2D eigenvalue weighted by atomic mass is 9.80. The molecule has 2 aliphatic rings. The fourth-order valence-corrected chi connectivity index (χ4v) is 7.06. The van der Waals surface area contributed by atoms with Gasteiger partial charge in [-0.2, -0.15) is 9.40 Å². The van der Waals surface area contributed by atoms with Crippen LogP contribution in [-0.4, -0.2) is 55.0 Å². The zero-order valence-corrected chi connectivity index (χ0v) is 15.9. The number of benzene rings is 1. The summed E-state index contributed by atoms with van der Waals surface area (Å²) in [7, 11) is -6.98. The van der Waals surface area contributed by atoms with Gasteiger partial charge in [0.2, 0.25) is 10.0 Å². The summed E-state index contributed by atoms with van der Waals surface area (Å²) in [5.41, 5.74) is 0.769. The maximum Gasteiger partial charge on any atom is 0.246 e. The van der Waals surface area contributed by atoms with Crippen molar-refractivity contribution in [2.24, 2.45) is 5.92 Å². The molecule has 1 aliphatic carbocycles. The summed E-state index contributed by atoms with van der Waals surface area (Å²) in [5.74, 6) is -0.0737. The van der Waals surface area contributed by atoms with Crippen LogP contribution in [0.4, 0.5) is 0 Å². The highest BCUT2D eigenvalue weighted by molar-refractivity contribution is 7.92. The molecule has 2 heterocycles. The van der Waals surface area contributed by atoms with Crippen molar-refractivity contribution in [3.05, 3.63) is 42.7 Å². The van der Waals surface area contributed by atoms with Gasteiger partial charge in [0.05, 0.1) is 29.6 Å². The molecule has 2 aromatic rings. The Morgan fingerprint density at radius 1 is 1.12 bits per heavy atom. The van der Waals surface area contributed by atoms with E-state index in [4.69, 9.17) is 0 Å². The average Bonchev–Trinajstić information content (AvgIpc) is 3.04. The van der Waals surface area contributed by atoms with Gasteiger partial charge in [-0.05, 0) is 30.9 Å². The topological polar surface area (TPSA) is 89.3 Å². The molecule has 1 atom stereocenters. The molecule has 1 saturated carbocycles. The van der Waals surface area contributed by atoms with Crippen LogP contribution >= 0.6 is 0 Å². The molecule has 0 bridgehead atoms. The molecule has 0 radical (unpaired) electrons. The van der Waals surface area contributed by atoms with Crippen LogP contribution in [0.3, 0.4) is 0 Å². The molecule has 140 valence electrons. The second-order valence-corrected chi connectivity index (χ2v) is 11.1. The van der Waals surface area contributed by atoms with Gasteiger partial charge in [-0.15, -0.1) is 0 Å². The number of para-hydroxylation sites is 1. The molecular formula is C17H21N3O4S2. The summed E-state index contributed by atoms with van der Waals surface area (Å²) in [6.45, 7) is 0.0162. The van der Waals surface area contributed by atoms with Gasteiger partial charge in [0.1, 0.15) is 4.90 Å². The Morgan fingerprint density at radius 2 is 1.85 bits per heavy atom. The zero-order chi connectivity index (χ0) is 18.4. The van der Waals surface area contributed by atoms with E-state index in [1.54, 1.807) is 0 Å². The molecule has 26 heavy (non-hydrogen) atoms. The van der Waals surface area contributed by atoms with E-state index in [2.05, 4.69) is 5.10 Å². The van der Waals surface area contributed by atoms with Crippen LogP contribution in [0.15, 0.2) is 47.6 Å². The molecule has 1 aromatic carbocycles. The minimum Gasteiger partial charge on any atom is -0.240 e. The molecule has 1 saturated heterocycles. The third-order valence-corrected chi connectivity index (χ3v) is 8.83. The molecule has 1 aliphatic heterocycles. The minimum atomic E-state index is -3.78. The van der Waals surface area contributed by atoms with Gasteiger partial charge in [-0.3, -0.25) is 0 Å². The first-order chi connectivity index (χ1) is 12.4. The molecule has 0 N–H and O–H groups in total. The molecule has 2 fully saturated rings. The summed E-state index contributed by atoms with van der Waals surface area (Å²) in [5, 5.41) is 4.17. The van der Waals surface area contributed by atoms with Gasteiger partial charge in [0.15, 0.2) is 9.84 Å². The van der Waals surface area contributed by atoms with Crippen molar-refractivity contribution in [1.29, 1.82) is 0 Å². The van der Waals surface area contributed by atoms with Crippen molar-refractivity contribution in [3.63, 3.8) is 0 Å². The van der Waals surface area contributed by atoms with Crippen LogP contribution in [0.1, 0.15) is 19.3 Å². The average molecular weight is 396 g/mol. The Kier molecular flexibility index (Phi) is 4.40. The van der Waals surface area contributed by atoms with E-state index in [-0.39, 0.29) is 28.9 Å². The van der Waals surface area contributed by atoms with Gasteiger partial charge in [0, 0.05) is 12.6 Å². The number of nitrogens with zero attached hydrogens (tertiary/aromatic N) is 3. The molecule has 0 amide bonds. The maximum absolute atomic E-state index is 13.2. The predicted octanol–water partition coefficient (Wildman–Crippen LogP) is 1.46. The lowest BCUT2D eigenvalue weighted by molar-refractivity contribution is 0.175. The molecule has 9 heteroatoms. The fraction of sp³-hybridized carbons (Fsp3) is 0.471. The van der Waals surface area contributed by atoms with Crippen LogP contribution < -0.4 is 0 Å². The third kappa shape index (κ3) is 3.19. The Labute approximate surface area is 153 Å². The standard InChI is InChI=1S/C17H21N3O4S2/c21-25(22)10-9-20(17(13-25)14-5-4-6-14)26(23,24)16-11-18-19(12-16)15-7-2-1-3-8-15/h1-3,7-8,11-12,14,17H,4-6,9-10,13H2. The number of rotatable bonds is 4. The van der Waals surface area contributed by atoms with Gasteiger partial charge >= 0.3 is 0 Å². The molecule has 7 nitrogen and oxygen atoms in total. The van der Waals surface area contributed by atoms with Gasteiger partial charge in [-0.1, -0.05) is 24.6 Å². The SMILES string of the molecule is O=S1(=O)CCN(S(=O)(=O)c2cnn(-c3ccccc3)c2)C(C2CCC2)C1.